The molecule has 1 saturated heterocycles. The van der Waals surface area contributed by atoms with Gasteiger partial charge in [-0.1, -0.05) is 24.6 Å². The van der Waals surface area contributed by atoms with E-state index >= 15 is 0 Å². The fourth-order valence-electron chi connectivity index (χ4n) is 4.59. The number of rotatable bonds is 3. The second-order valence-electron chi connectivity index (χ2n) is 7.09. The molecule has 1 aliphatic heterocycles. The Balaban J connectivity index is 1.62. The molecule has 0 radical (unpaired) electrons. The minimum Gasteiger partial charge on any atom is -0.381 e. The Hall–Kier alpha value is -2.28. The molecule has 1 aromatic carbocycles. The number of H-pyrrole nitrogens is 1. The number of likely N-dealkylation sites (tertiary alicyclic amines) is 1. The zero-order valence-corrected chi connectivity index (χ0v) is 14.4. The third kappa shape index (κ3) is 2.82. The van der Waals surface area contributed by atoms with Gasteiger partial charge in [0.15, 0.2) is 0 Å². The number of aromatic nitrogens is 4. The second kappa shape index (κ2) is 6.55. The highest BCUT2D eigenvalue weighted by atomic mass is 16.5. The first-order valence-corrected chi connectivity index (χ1v) is 8.88. The highest BCUT2D eigenvalue weighted by molar-refractivity contribution is 6.00. The molecule has 25 heavy (non-hydrogen) atoms. The van der Waals surface area contributed by atoms with Crippen LogP contribution in [0, 0.1) is 5.41 Å². The van der Waals surface area contributed by atoms with E-state index < -0.39 is 0 Å². The van der Waals surface area contributed by atoms with Crippen molar-refractivity contribution in [3.63, 3.8) is 0 Å². The molecule has 1 spiro atoms. The van der Waals surface area contributed by atoms with Crippen molar-refractivity contribution >= 4 is 5.91 Å². The second-order valence-corrected chi connectivity index (χ2v) is 7.09. The molecule has 0 bridgehead atoms. The number of carbonyl (C=O) groups is 1. The number of ether oxygens (including phenoxy) is 1. The quantitative estimate of drug-likeness (QED) is 0.926. The summed E-state index contributed by atoms with van der Waals surface area (Å²) in [5.74, 6) is 0.493. The van der Waals surface area contributed by atoms with Gasteiger partial charge in [0.2, 0.25) is 5.82 Å². The summed E-state index contributed by atoms with van der Waals surface area (Å²) in [4.78, 5) is 15.2. The molecule has 7 nitrogen and oxygen atoms in total. The molecule has 1 N–H and O–H groups in total. The van der Waals surface area contributed by atoms with Gasteiger partial charge in [0.1, 0.15) is 0 Å². The van der Waals surface area contributed by atoms with Gasteiger partial charge in [0, 0.05) is 31.2 Å². The summed E-state index contributed by atoms with van der Waals surface area (Å²) in [5.41, 5.74) is 1.47. The Bertz CT molecular complexity index is 748. The number of methoxy groups -OCH3 is 1. The van der Waals surface area contributed by atoms with Crippen LogP contribution in [0.1, 0.15) is 42.5 Å². The van der Waals surface area contributed by atoms with Crippen LogP contribution in [0.15, 0.2) is 24.3 Å². The maximum atomic E-state index is 13.2. The number of tetrazole rings is 1. The lowest BCUT2D eigenvalue weighted by Crippen LogP contribution is -2.49. The predicted molar refractivity (Wildman–Crippen MR) is 91.8 cm³/mol. The van der Waals surface area contributed by atoms with E-state index in [1.54, 1.807) is 7.11 Å². The number of piperidine rings is 1. The summed E-state index contributed by atoms with van der Waals surface area (Å²) in [6, 6.07) is 7.48. The van der Waals surface area contributed by atoms with Gasteiger partial charge < -0.3 is 9.64 Å². The average Bonchev–Trinajstić information content (AvgIpc) is 3.31. The van der Waals surface area contributed by atoms with Crippen LogP contribution in [0.4, 0.5) is 0 Å². The van der Waals surface area contributed by atoms with Crippen LogP contribution in [0.3, 0.4) is 0 Å². The van der Waals surface area contributed by atoms with E-state index in [0.29, 0.717) is 11.4 Å². The van der Waals surface area contributed by atoms with Gasteiger partial charge in [-0.15, -0.1) is 10.2 Å². The van der Waals surface area contributed by atoms with Crippen molar-refractivity contribution in [3.8, 4) is 11.4 Å². The molecule has 1 saturated carbocycles. The summed E-state index contributed by atoms with van der Waals surface area (Å²) < 4.78 is 5.75. The van der Waals surface area contributed by atoms with Crippen molar-refractivity contribution in [2.24, 2.45) is 5.41 Å². The summed E-state index contributed by atoms with van der Waals surface area (Å²) in [6.07, 6.45) is 5.84. The van der Waals surface area contributed by atoms with E-state index in [4.69, 9.17) is 4.74 Å². The van der Waals surface area contributed by atoms with Crippen LogP contribution >= 0.6 is 0 Å². The number of hydrogen-bond acceptors (Lipinski definition) is 5. The van der Waals surface area contributed by atoms with Gasteiger partial charge in [-0.3, -0.25) is 4.79 Å². The van der Waals surface area contributed by atoms with Crippen LogP contribution < -0.4 is 0 Å². The van der Waals surface area contributed by atoms with Crippen molar-refractivity contribution in [2.75, 3.05) is 20.2 Å². The first kappa shape index (κ1) is 16.2. The lowest BCUT2D eigenvalue weighted by atomic mass is 9.76. The van der Waals surface area contributed by atoms with E-state index in [1.165, 1.54) is 6.42 Å². The number of hydrogen-bond donors (Lipinski definition) is 1. The van der Waals surface area contributed by atoms with Crippen LogP contribution in [0.25, 0.3) is 11.4 Å². The molecular formula is C18H23N5O2. The Kier molecular flexibility index (Phi) is 4.25. The number of aromatic amines is 1. The molecule has 2 atom stereocenters. The van der Waals surface area contributed by atoms with Crippen LogP contribution in [-0.4, -0.2) is 57.7 Å². The molecule has 2 aromatic rings. The maximum Gasteiger partial charge on any atom is 0.254 e. The Morgan fingerprint density at radius 1 is 1.32 bits per heavy atom. The number of nitrogens with zero attached hydrogens (tertiary/aromatic N) is 4. The van der Waals surface area contributed by atoms with Crippen molar-refractivity contribution in [3.05, 3.63) is 29.8 Å². The van der Waals surface area contributed by atoms with Gasteiger partial charge in [-0.25, -0.2) is 0 Å². The van der Waals surface area contributed by atoms with Crippen molar-refractivity contribution in [1.82, 2.24) is 25.5 Å². The molecule has 1 aromatic heterocycles. The summed E-state index contributed by atoms with van der Waals surface area (Å²) >= 11 is 0. The highest BCUT2D eigenvalue weighted by Gasteiger charge is 2.46. The van der Waals surface area contributed by atoms with Gasteiger partial charge in [-0.05, 0) is 37.0 Å². The third-order valence-corrected chi connectivity index (χ3v) is 5.75. The summed E-state index contributed by atoms with van der Waals surface area (Å²) in [5, 5.41) is 14.1. The topological polar surface area (TPSA) is 84.0 Å². The molecule has 2 fully saturated rings. The van der Waals surface area contributed by atoms with E-state index in [-0.39, 0.29) is 17.4 Å². The molecule has 7 heteroatoms. The van der Waals surface area contributed by atoms with Crippen molar-refractivity contribution in [2.45, 2.75) is 38.2 Å². The Morgan fingerprint density at radius 2 is 2.16 bits per heavy atom. The summed E-state index contributed by atoms with van der Waals surface area (Å²) in [6.45, 7) is 1.56. The largest absolute Gasteiger partial charge is 0.381 e. The predicted octanol–water partition coefficient (Wildman–Crippen LogP) is 2.29. The Morgan fingerprint density at radius 3 is 2.96 bits per heavy atom. The van der Waals surface area contributed by atoms with E-state index in [9.17, 15) is 4.79 Å². The molecule has 2 aliphatic rings. The number of amides is 1. The molecule has 4 rings (SSSR count). The van der Waals surface area contributed by atoms with Gasteiger partial charge >= 0.3 is 0 Å². The monoisotopic (exact) mass is 341 g/mol. The lowest BCUT2D eigenvalue weighted by molar-refractivity contribution is -0.0295. The fourth-order valence-corrected chi connectivity index (χ4v) is 4.59. The van der Waals surface area contributed by atoms with E-state index in [1.807, 2.05) is 29.2 Å². The number of carbonyl (C=O) groups excluding carboxylic acids is 1. The smallest absolute Gasteiger partial charge is 0.254 e. The van der Waals surface area contributed by atoms with Crippen LogP contribution in [-0.2, 0) is 4.74 Å². The minimum atomic E-state index is 0.0428. The molecule has 1 amide bonds. The standard InChI is InChI=1S/C18H23N5O2/c1-25-15-8-4-9-18(15)10-5-11-23(12-18)17(24)14-7-3-2-6-13(14)16-19-21-22-20-16/h2-3,6-7,15H,4-5,8-12H2,1H3,(H,19,20,21,22)/t15-,18-/m1/s1. The SMILES string of the molecule is CO[C@@H]1CCC[C@]12CCCN(C(=O)c1ccccc1-c1nn[nH]n1)C2. The maximum absolute atomic E-state index is 13.2. The zero-order chi connectivity index (χ0) is 17.3. The fraction of sp³-hybridized carbons (Fsp3) is 0.556. The van der Waals surface area contributed by atoms with Crippen LogP contribution in [0.5, 0.6) is 0 Å². The third-order valence-electron chi connectivity index (χ3n) is 5.75. The normalized spacial score (nSPS) is 26.3. The van der Waals surface area contributed by atoms with E-state index in [2.05, 4.69) is 20.6 Å². The van der Waals surface area contributed by atoms with Gasteiger partial charge in [0.25, 0.3) is 5.91 Å². The van der Waals surface area contributed by atoms with Crippen LogP contribution in [0.2, 0.25) is 0 Å². The zero-order valence-electron chi connectivity index (χ0n) is 14.4. The lowest BCUT2D eigenvalue weighted by Gasteiger charge is -2.43. The Labute approximate surface area is 146 Å². The first-order valence-electron chi connectivity index (χ1n) is 8.88. The van der Waals surface area contributed by atoms with Crippen molar-refractivity contribution in [1.29, 1.82) is 0 Å². The average molecular weight is 341 g/mol. The molecular weight excluding hydrogens is 318 g/mol. The van der Waals surface area contributed by atoms with Gasteiger partial charge in [-0.2, -0.15) is 5.21 Å². The molecule has 2 heterocycles. The summed E-state index contributed by atoms with van der Waals surface area (Å²) in [7, 11) is 1.80. The number of nitrogens with one attached hydrogen (secondary N) is 1. The van der Waals surface area contributed by atoms with Gasteiger partial charge in [0.05, 0.1) is 11.7 Å². The van der Waals surface area contributed by atoms with E-state index in [0.717, 1.165) is 44.3 Å². The molecule has 1 aliphatic carbocycles. The highest BCUT2D eigenvalue weighted by Crippen LogP contribution is 2.46. The minimum absolute atomic E-state index is 0.0428. The first-order chi connectivity index (χ1) is 12.2. The van der Waals surface area contributed by atoms with Crippen molar-refractivity contribution < 1.29 is 9.53 Å². The molecule has 132 valence electrons. The molecule has 0 unspecified atom stereocenters. The number of benzene rings is 1.